The number of ether oxygens (including phenoxy) is 2. The molecule has 0 saturated heterocycles. The second-order valence-corrected chi connectivity index (χ2v) is 27.0. The van der Waals surface area contributed by atoms with Crippen molar-refractivity contribution in [3.63, 3.8) is 0 Å². The third kappa shape index (κ3) is 10.9. The number of nitrogens with zero attached hydrogens (tertiary/aromatic N) is 6. The van der Waals surface area contributed by atoms with Crippen molar-refractivity contribution >= 4 is 123 Å². The molecule has 92 heavy (non-hydrogen) atoms. The summed E-state index contributed by atoms with van der Waals surface area (Å²) in [6.45, 7) is 0. The molecule has 456 valence electrons. The van der Waals surface area contributed by atoms with Crippen LogP contribution in [0.3, 0.4) is 0 Å². The third-order valence-corrected chi connectivity index (χ3v) is 19.8. The number of hydrogen-bond donors (Lipinski definition) is 4. The molecular formula is C66H43N7O15S4. The van der Waals surface area contributed by atoms with Gasteiger partial charge < -0.3 is 20.3 Å². The van der Waals surface area contributed by atoms with Crippen LogP contribution in [0.4, 0.5) is 39.8 Å². The molecule has 26 heteroatoms. The number of benzene rings is 12. The zero-order valence-electron chi connectivity index (χ0n) is 47.1. The van der Waals surface area contributed by atoms with Gasteiger partial charge in [-0.15, -0.1) is 25.6 Å². The highest BCUT2D eigenvalue weighted by atomic mass is 32.2. The molecule has 0 atom stereocenters. The Morgan fingerprint density at radius 3 is 1.34 bits per heavy atom. The Hall–Kier alpha value is -10.7. The Kier molecular flexibility index (Phi) is 14.5. The Bertz CT molecular complexity index is 5620. The smallest absolute Gasteiger partial charge is 0.298 e. The molecule has 0 bridgehead atoms. The highest BCUT2D eigenvalue weighted by molar-refractivity contribution is 7.87. The maximum atomic E-state index is 15.2. The van der Waals surface area contributed by atoms with Crippen molar-refractivity contribution in [3.8, 4) is 28.7 Å². The summed E-state index contributed by atoms with van der Waals surface area (Å²) in [7, 11) is -19.5. The lowest BCUT2D eigenvalue weighted by atomic mass is 9.97. The summed E-state index contributed by atoms with van der Waals surface area (Å²) < 4.78 is 155. The second-order valence-electron chi connectivity index (χ2n) is 21.1. The maximum absolute atomic E-state index is 15.2. The van der Waals surface area contributed by atoms with Crippen molar-refractivity contribution in [1.82, 2.24) is 0 Å². The van der Waals surface area contributed by atoms with Gasteiger partial charge in [-0.25, -0.2) is 0 Å². The minimum atomic E-state index is -5.02. The van der Waals surface area contributed by atoms with Crippen molar-refractivity contribution in [2.75, 3.05) is 5.73 Å². The second kappa shape index (κ2) is 22.7. The molecule has 2 aliphatic heterocycles. The summed E-state index contributed by atoms with van der Waals surface area (Å²) in [5.41, 5.74) is 7.74. The van der Waals surface area contributed by atoms with Gasteiger partial charge in [-0.3, -0.25) is 17.5 Å². The highest BCUT2D eigenvalue weighted by Gasteiger charge is 2.37. The van der Waals surface area contributed by atoms with Gasteiger partial charge in [-0.05, 0) is 109 Å². The summed E-state index contributed by atoms with van der Waals surface area (Å²) in [6.07, 6.45) is -2.38. The maximum Gasteiger partial charge on any atom is 0.298 e. The lowest BCUT2D eigenvalue weighted by molar-refractivity contribution is 0.234. The zero-order valence-corrected chi connectivity index (χ0v) is 50.3. The Balaban J connectivity index is 0.849. The summed E-state index contributed by atoms with van der Waals surface area (Å²) in [4.78, 5) is -2.17. The van der Waals surface area contributed by atoms with Crippen LogP contribution in [0.5, 0.6) is 28.7 Å². The van der Waals surface area contributed by atoms with Crippen LogP contribution in [0.15, 0.2) is 269 Å². The largest absolute Gasteiger partial charge is 0.505 e. The van der Waals surface area contributed by atoms with Crippen LogP contribution < -0.4 is 15.2 Å². The van der Waals surface area contributed by atoms with E-state index in [9.17, 15) is 39.5 Å². The predicted octanol–water partition coefficient (Wildman–Crippen LogP) is 16.5. The van der Waals surface area contributed by atoms with Crippen molar-refractivity contribution < 1.29 is 65.7 Å². The van der Waals surface area contributed by atoms with Crippen LogP contribution in [0.1, 0.15) is 34.5 Å². The predicted molar refractivity (Wildman–Crippen MR) is 340 cm³/mol. The minimum Gasteiger partial charge on any atom is -0.505 e. The van der Waals surface area contributed by atoms with E-state index in [0.717, 1.165) is 18.2 Å². The number of anilines is 1. The molecule has 0 unspecified atom stereocenters. The van der Waals surface area contributed by atoms with Gasteiger partial charge in [0.15, 0.2) is 5.75 Å². The average Bonchev–Trinajstić information content (AvgIpc) is 0.757. The zero-order chi connectivity index (χ0) is 63.8. The number of hydrogen-bond acceptors (Lipinski definition) is 20. The summed E-state index contributed by atoms with van der Waals surface area (Å²) in [5, 5.41) is 39.1. The molecule has 0 aliphatic carbocycles. The Morgan fingerprint density at radius 2 is 0.815 bits per heavy atom. The summed E-state index contributed by atoms with van der Waals surface area (Å²) >= 11 is 0. The first-order valence-corrected chi connectivity index (χ1v) is 33.4. The molecule has 12 aromatic rings. The van der Waals surface area contributed by atoms with E-state index in [2.05, 4.69) is 30.7 Å². The molecule has 0 aromatic heterocycles. The molecule has 5 N–H and O–H groups in total. The van der Waals surface area contributed by atoms with Crippen LogP contribution in [-0.4, -0.2) is 47.9 Å². The van der Waals surface area contributed by atoms with Gasteiger partial charge in [-0.1, -0.05) is 115 Å². The fourth-order valence-corrected chi connectivity index (χ4v) is 14.8. The summed E-state index contributed by atoms with van der Waals surface area (Å²) in [6, 6.07) is 56.0. The molecule has 0 fully saturated rings. The van der Waals surface area contributed by atoms with Crippen LogP contribution in [0.2, 0.25) is 0 Å². The van der Waals surface area contributed by atoms with Gasteiger partial charge in [0.1, 0.15) is 55.6 Å². The number of fused-ring (bicyclic) bond motifs is 8. The van der Waals surface area contributed by atoms with Crippen molar-refractivity contribution in [2.24, 2.45) is 30.7 Å². The van der Waals surface area contributed by atoms with Crippen molar-refractivity contribution in [1.29, 1.82) is 0 Å². The van der Waals surface area contributed by atoms with Gasteiger partial charge in [0.25, 0.3) is 40.5 Å². The van der Waals surface area contributed by atoms with Gasteiger partial charge in [0, 0.05) is 65.6 Å². The minimum absolute atomic E-state index is 0.0333. The number of rotatable bonds is 14. The average molecular weight is 1300 g/mol. The number of nitrogen functional groups attached to an aromatic ring is 1. The van der Waals surface area contributed by atoms with E-state index in [0.29, 0.717) is 61.7 Å². The molecule has 14 rings (SSSR count). The lowest BCUT2D eigenvalue weighted by Gasteiger charge is -2.28. The van der Waals surface area contributed by atoms with Gasteiger partial charge in [0.2, 0.25) is 0 Å². The fourth-order valence-electron chi connectivity index (χ4n) is 11.1. The van der Waals surface area contributed by atoms with Crippen LogP contribution in [-0.2, 0) is 48.8 Å². The van der Waals surface area contributed by atoms with E-state index in [1.165, 1.54) is 66.7 Å². The first-order valence-electron chi connectivity index (χ1n) is 27.7. The molecule has 22 nitrogen and oxygen atoms in total. The first-order chi connectivity index (χ1) is 44.2. The van der Waals surface area contributed by atoms with Crippen LogP contribution in [0, 0.1) is 0 Å². The van der Waals surface area contributed by atoms with E-state index < -0.39 is 78.8 Å². The first kappa shape index (κ1) is 59.0. The van der Waals surface area contributed by atoms with E-state index >= 15 is 8.42 Å². The summed E-state index contributed by atoms with van der Waals surface area (Å²) in [5.74, 6) is 0.849. The molecule has 0 spiro atoms. The standard InChI is InChI=1S/C66H43N7O15S4/c67-38-24-26-41-37(32-38)33-62(90(78,79)80)63(64(41)74)73-72-55-31-30-54(44-27-25-40(36-50(44)55)89(75,76)77)71-70-53-29-28-52(42-12-1-2-13-43(42)53)69-68-39-34-51-45(61(35-39)92(83,84)88-66-48-16-5-9-21-58(48)86-59-22-10-6-17-49(59)66)18-11-23-60(51)91(81,82)87-65-46-14-3-7-19-56(46)85-57-20-8-4-15-47(57)65/h1-36,65-66,74H,67H2,(H,75,76,77)(H,78,79,80). The van der Waals surface area contributed by atoms with Gasteiger partial charge in [0.05, 0.1) is 33.3 Å². The third-order valence-electron chi connectivity index (χ3n) is 15.4. The van der Waals surface area contributed by atoms with E-state index in [-0.39, 0.29) is 65.6 Å². The quantitative estimate of drug-likeness (QED) is 0.0340. The molecule has 2 heterocycles. The number of phenolic OH excluding ortho intramolecular Hbond substituents is 1. The SMILES string of the molecule is Nc1ccc2c(O)c(N=Nc3ccc(N=Nc4ccc(N=Nc5cc(S(=O)(=O)OC6c7ccccc7Oc7ccccc76)c6cccc(S(=O)(=O)OC7c8ccccc8Oc8ccccc87)c6c5)c5ccccc45)c4ccc(S(=O)(=O)O)cc34)c(S(=O)(=O)O)cc2c1. The van der Waals surface area contributed by atoms with Crippen molar-refractivity contribution in [3.05, 3.63) is 241 Å². The van der Waals surface area contributed by atoms with Crippen LogP contribution >= 0.6 is 0 Å². The number of phenols is 1. The van der Waals surface area contributed by atoms with E-state index in [4.69, 9.17) is 23.6 Å². The van der Waals surface area contributed by atoms with Crippen LogP contribution in [0.25, 0.3) is 43.1 Å². The highest BCUT2D eigenvalue weighted by Crippen LogP contribution is 2.50. The molecule has 0 amide bonds. The van der Waals surface area contributed by atoms with E-state index in [1.807, 2.05) is 0 Å². The normalized spacial score (nSPS) is 13.8. The molecule has 12 aromatic carbocycles. The van der Waals surface area contributed by atoms with E-state index in [1.54, 1.807) is 133 Å². The molecule has 0 radical (unpaired) electrons. The number of azo groups is 3. The number of nitrogens with two attached hydrogens (primary N) is 1. The Morgan fingerprint density at radius 1 is 0.370 bits per heavy atom. The molecule has 2 aliphatic rings. The number of aromatic hydroxyl groups is 1. The lowest BCUT2D eigenvalue weighted by Crippen LogP contribution is -2.19. The topological polar surface area (TPSA) is 334 Å². The van der Waals surface area contributed by atoms with Crippen molar-refractivity contribution in [2.45, 2.75) is 31.8 Å². The molecule has 0 saturated carbocycles. The molecular weight excluding hydrogens is 1260 g/mol. The monoisotopic (exact) mass is 1300 g/mol. The van der Waals surface area contributed by atoms with Gasteiger partial charge in [-0.2, -0.15) is 38.8 Å². The number of para-hydroxylation sites is 4. The fraction of sp³-hybridized carbons (Fsp3) is 0.0303. The Labute approximate surface area is 523 Å². The van der Waals surface area contributed by atoms with Gasteiger partial charge >= 0.3 is 0 Å².